The Morgan fingerprint density at radius 2 is 1.12 bits per heavy atom. The van der Waals surface area contributed by atoms with Gasteiger partial charge in [-0.1, -0.05) is 64.2 Å². The van der Waals surface area contributed by atoms with E-state index in [4.69, 9.17) is 28.8 Å². The molecule has 3 aliphatic heterocycles. The van der Waals surface area contributed by atoms with Crippen LogP contribution in [-0.2, 0) is 33.5 Å². The largest absolute Gasteiger partial charge is 0.504 e. The van der Waals surface area contributed by atoms with Crippen molar-refractivity contribution in [2.75, 3.05) is 6.61 Å². The smallest absolute Gasteiger partial charge is 0.338 e. The normalized spacial score (nSPS) is 19.5. The molecule has 0 saturated carbocycles. The van der Waals surface area contributed by atoms with E-state index in [0.29, 0.717) is 59.8 Å². The highest BCUT2D eigenvalue weighted by molar-refractivity contribution is 5.91. The van der Waals surface area contributed by atoms with Crippen molar-refractivity contribution in [2.24, 2.45) is 0 Å². The van der Waals surface area contributed by atoms with Crippen LogP contribution in [0.5, 0.6) is 51.7 Å². The number of aliphatic hydroxyl groups is 1. The standard InChI is InChI=1S/C43H54O15/c44-29-19-24(20-30(45)37(29)51)39-33(55-43(53)25-21-31(46)38(52)32(47)22-25)23-28-41-27(40-26(42(28)58-39)14-16-35(50)56-40)15-17-36(57-41)54-18-12-10-8-6-4-2-1-3-5-7-9-11-13-34(48)49/h19-22,33,35-36,39,44-47,50-52H,1-18,23H2,(H,48,49)/t33-,35?,36?,39-/m1/s1. The first-order chi connectivity index (χ1) is 27.9. The molecule has 0 aliphatic carbocycles. The van der Waals surface area contributed by atoms with Gasteiger partial charge in [0.25, 0.3) is 0 Å². The first-order valence-corrected chi connectivity index (χ1v) is 20.3. The van der Waals surface area contributed by atoms with Crippen molar-refractivity contribution in [3.8, 4) is 51.7 Å². The lowest BCUT2D eigenvalue weighted by Crippen LogP contribution is -2.37. The number of hydrogen-bond acceptors (Lipinski definition) is 14. The molecule has 0 aromatic heterocycles. The van der Waals surface area contributed by atoms with Crippen LogP contribution in [0.2, 0.25) is 0 Å². The molecule has 3 aliphatic rings. The first kappa shape index (κ1) is 42.3. The number of carbonyl (C=O) groups excluding carboxylic acids is 1. The van der Waals surface area contributed by atoms with E-state index in [1.165, 1.54) is 37.8 Å². The lowest BCUT2D eigenvalue weighted by Gasteiger charge is -2.40. The number of ether oxygens (including phenoxy) is 5. The predicted octanol–water partition coefficient (Wildman–Crippen LogP) is 7.29. The Kier molecular flexibility index (Phi) is 14.2. The van der Waals surface area contributed by atoms with Crippen LogP contribution in [0.25, 0.3) is 0 Å². The summed E-state index contributed by atoms with van der Waals surface area (Å²) in [4.78, 5) is 24.1. The summed E-state index contributed by atoms with van der Waals surface area (Å²) in [6.45, 7) is 0.489. The van der Waals surface area contributed by atoms with Crippen LogP contribution >= 0.6 is 0 Å². The molecule has 8 N–H and O–H groups in total. The quantitative estimate of drug-likeness (QED) is 0.0337. The van der Waals surface area contributed by atoms with Crippen molar-refractivity contribution in [1.82, 2.24) is 0 Å². The van der Waals surface area contributed by atoms with E-state index in [9.17, 15) is 45.3 Å². The summed E-state index contributed by atoms with van der Waals surface area (Å²) in [6.07, 6.45) is 10.9. The lowest BCUT2D eigenvalue weighted by molar-refractivity contribution is -0.137. The fourth-order valence-electron chi connectivity index (χ4n) is 7.93. The van der Waals surface area contributed by atoms with Gasteiger partial charge in [0.05, 0.1) is 12.2 Å². The molecule has 58 heavy (non-hydrogen) atoms. The van der Waals surface area contributed by atoms with E-state index in [2.05, 4.69) is 0 Å². The minimum Gasteiger partial charge on any atom is -0.504 e. The third kappa shape index (κ3) is 10.2. The van der Waals surface area contributed by atoms with Gasteiger partial charge in [0.2, 0.25) is 0 Å². The molecule has 0 spiro atoms. The number of esters is 1. The highest BCUT2D eigenvalue weighted by atomic mass is 16.7. The highest BCUT2D eigenvalue weighted by Crippen LogP contribution is 2.54. The van der Waals surface area contributed by atoms with Crippen LogP contribution in [0.3, 0.4) is 0 Å². The zero-order chi connectivity index (χ0) is 41.3. The van der Waals surface area contributed by atoms with Crippen molar-refractivity contribution in [3.63, 3.8) is 0 Å². The van der Waals surface area contributed by atoms with E-state index in [1.54, 1.807) is 0 Å². The van der Waals surface area contributed by atoms with Gasteiger partial charge in [0, 0.05) is 47.9 Å². The molecule has 0 saturated heterocycles. The van der Waals surface area contributed by atoms with Gasteiger partial charge in [0.1, 0.15) is 23.4 Å². The minimum atomic E-state index is -1.17. The number of carboxylic acid groups (broad SMARTS) is 1. The predicted molar refractivity (Wildman–Crippen MR) is 207 cm³/mol. The third-order valence-electron chi connectivity index (χ3n) is 11.0. The fourth-order valence-corrected chi connectivity index (χ4v) is 7.93. The Morgan fingerprint density at radius 3 is 1.71 bits per heavy atom. The molecule has 316 valence electrons. The molecule has 0 amide bonds. The number of phenolic OH excluding ortho intramolecular Hbond substituents is 6. The van der Waals surface area contributed by atoms with Gasteiger partial charge >= 0.3 is 11.9 Å². The van der Waals surface area contributed by atoms with Gasteiger partial charge in [-0.25, -0.2) is 4.79 Å². The number of carbonyl (C=O) groups is 2. The van der Waals surface area contributed by atoms with E-state index >= 15 is 0 Å². The summed E-state index contributed by atoms with van der Waals surface area (Å²) in [5, 5.41) is 80.1. The molecule has 4 atom stereocenters. The van der Waals surface area contributed by atoms with Crippen molar-refractivity contribution in [2.45, 2.75) is 140 Å². The monoisotopic (exact) mass is 810 g/mol. The first-order valence-electron chi connectivity index (χ1n) is 20.3. The maximum Gasteiger partial charge on any atom is 0.338 e. The van der Waals surface area contributed by atoms with Crippen molar-refractivity contribution >= 4 is 11.9 Å². The molecule has 2 unspecified atom stereocenters. The van der Waals surface area contributed by atoms with E-state index in [1.807, 2.05) is 0 Å². The number of aromatic hydroxyl groups is 6. The van der Waals surface area contributed by atoms with Crippen molar-refractivity contribution < 1.29 is 74.1 Å². The molecule has 3 heterocycles. The molecule has 15 heteroatoms. The molecule has 0 fully saturated rings. The van der Waals surface area contributed by atoms with E-state index in [-0.39, 0.29) is 30.4 Å². The molecule has 15 nitrogen and oxygen atoms in total. The fraction of sp³-hybridized carbons (Fsp3) is 0.535. The zero-order valence-corrected chi connectivity index (χ0v) is 32.5. The number of hydrogen-bond donors (Lipinski definition) is 8. The van der Waals surface area contributed by atoms with Gasteiger partial charge in [-0.2, -0.15) is 0 Å². The summed E-state index contributed by atoms with van der Waals surface area (Å²) in [5.74, 6) is -4.81. The van der Waals surface area contributed by atoms with Crippen LogP contribution < -0.4 is 14.2 Å². The van der Waals surface area contributed by atoms with Gasteiger partial charge in [-0.3, -0.25) is 4.79 Å². The second kappa shape index (κ2) is 19.4. The minimum absolute atomic E-state index is 0.00185. The third-order valence-corrected chi connectivity index (χ3v) is 11.0. The Bertz CT molecular complexity index is 1880. The maximum absolute atomic E-state index is 13.5. The summed E-state index contributed by atoms with van der Waals surface area (Å²) in [5.41, 5.74) is 1.82. The van der Waals surface area contributed by atoms with Gasteiger partial charge in [-0.15, -0.1) is 0 Å². The Morgan fingerprint density at radius 1 is 0.621 bits per heavy atom. The van der Waals surface area contributed by atoms with Gasteiger partial charge in [-0.05, 0) is 49.9 Å². The summed E-state index contributed by atoms with van der Waals surface area (Å²) in [6, 6.07) is 4.22. The summed E-state index contributed by atoms with van der Waals surface area (Å²) >= 11 is 0. The number of carboxylic acids is 1. The van der Waals surface area contributed by atoms with Crippen LogP contribution in [0, 0.1) is 0 Å². The van der Waals surface area contributed by atoms with Crippen LogP contribution in [0.15, 0.2) is 24.3 Å². The second-order valence-electron chi connectivity index (χ2n) is 15.3. The van der Waals surface area contributed by atoms with E-state index < -0.39 is 71.2 Å². The number of unbranched alkanes of at least 4 members (excludes halogenated alkanes) is 11. The van der Waals surface area contributed by atoms with Crippen molar-refractivity contribution in [1.29, 1.82) is 0 Å². The average Bonchev–Trinajstić information content (AvgIpc) is 3.19. The lowest BCUT2D eigenvalue weighted by atomic mass is 9.86. The van der Waals surface area contributed by atoms with Crippen LogP contribution in [0.1, 0.15) is 135 Å². The molecule has 3 aromatic carbocycles. The molecular weight excluding hydrogens is 756 g/mol. The molecule has 0 bridgehead atoms. The van der Waals surface area contributed by atoms with Gasteiger partial charge < -0.3 is 64.5 Å². The Balaban J connectivity index is 1.12. The van der Waals surface area contributed by atoms with E-state index in [0.717, 1.165) is 63.5 Å². The molecular formula is C43H54O15. The summed E-state index contributed by atoms with van der Waals surface area (Å²) in [7, 11) is 0. The topological polar surface area (TPSA) is 242 Å². The number of phenols is 6. The van der Waals surface area contributed by atoms with Crippen LogP contribution in [0.4, 0.5) is 0 Å². The van der Waals surface area contributed by atoms with Crippen molar-refractivity contribution in [3.05, 3.63) is 52.1 Å². The van der Waals surface area contributed by atoms with Crippen LogP contribution in [-0.4, -0.2) is 78.1 Å². The second-order valence-corrected chi connectivity index (χ2v) is 15.3. The number of fused-ring (bicyclic) bond motifs is 6. The number of benzene rings is 3. The Hall–Kier alpha value is -5.28. The van der Waals surface area contributed by atoms with Gasteiger partial charge in [0.15, 0.2) is 53.2 Å². The zero-order valence-electron chi connectivity index (χ0n) is 32.5. The summed E-state index contributed by atoms with van der Waals surface area (Å²) < 4.78 is 31.2. The number of aliphatic hydroxyl groups excluding tert-OH is 1. The SMILES string of the molecule is O=C(O)CCCCCCCCCCCCCCOC1CCc2c3c(c4c(c2O1)C[C@@H](OC(=O)c1cc(O)c(O)c(O)c1)[C@@H](c1cc(O)c(O)c(O)c1)O4)CCC(O)O3. The molecule has 3 aromatic rings. The molecule has 0 radical (unpaired) electrons. The molecule has 6 rings (SSSR count). The maximum atomic E-state index is 13.5. The average molecular weight is 811 g/mol. The Labute approximate surface area is 336 Å². The number of aliphatic carboxylic acids is 1. The number of rotatable bonds is 19. The highest BCUT2D eigenvalue weighted by Gasteiger charge is 2.43.